The van der Waals surface area contributed by atoms with Crippen molar-refractivity contribution in [2.75, 3.05) is 7.11 Å². The third-order valence-corrected chi connectivity index (χ3v) is 4.53. The smallest absolute Gasteiger partial charge is 0.335 e. The van der Waals surface area contributed by atoms with Crippen LogP contribution in [0, 0.1) is 6.92 Å². The summed E-state index contributed by atoms with van der Waals surface area (Å²) in [7, 11) is 1.59. The van der Waals surface area contributed by atoms with Crippen molar-refractivity contribution < 1.29 is 19.7 Å². The minimum absolute atomic E-state index is 0.176. The Morgan fingerprint density at radius 1 is 0.808 bits per heavy atom. The van der Waals surface area contributed by atoms with Gasteiger partial charge in [-0.3, -0.25) is 0 Å². The molecule has 0 bridgehead atoms. The third-order valence-electron chi connectivity index (χ3n) is 4.53. The maximum atomic E-state index is 11.7. The Bertz CT molecular complexity index is 896. The van der Waals surface area contributed by atoms with Crippen molar-refractivity contribution in [2.45, 2.75) is 12.5 Å². The van der Waals surface area contributed by atoms with Gasteiger partial charge in [0.15, 0.2) is 0 Å². The van der Waals surface area contributed by atoms with Gasteiger partial charge in [0.25, 0.3) is 0 Å². The second kappa shape index (κ2) is 7.02. The summed E-state index contributed by atoms with van der Waals surface area (Å²) in [6.45, 7) is 1.98. The van der Waals surface area contributed by atoms with Crippen LogP contribution in [0.4, 0.5) is 0 Å². The molecule has 0 aliphatic heterocycles. The first-order valence-corrected chi connectivity index (χ1v) is 8.23. The molecule has 4 heteroatoms. The van der Waals surface area contributed by atoms with Gasteiger partial charge in [-0.1, -0.05) is 54.1 Å². The van der Waals surface area contributed by atoms with Gasteiger partial charge in [0.1, 0.15) is 11.4 Å². The summed E-state index contributed by atoms with van der Waals surface area (Å²) >= 11 is 0. The normalized spacial score (nSPS) is 13.0. The Morgan fingerprint density at radius 3 is 1.65 bits per heavy atom. The molecule has 4 nitrogen and oxygen atoms in total. The second-order valence-electron chi connectivity index (χ2n) is 6.19. The fourth-order valence-electron chi connectivity index (χ4n) is 2.98. The molecule has 0 heterocycles. The maximum Gasteiger partial charge on any atom is 0.335 e. The Morgan fingerprint density at radius 2 is 1.23 bits per heavy atom. The van der Waals surface area contributed by atoms with E-state index in [2.05, 4.69) is 0 Å². The van der Waals surface area contributed by atoms with Crippen molar-refractivity contribution in [1.29, 1.82) is 0 Å². The zero-order valence-electron chi connectivity index (χ0n) is 14.6. The molecule has 0 saturated carbocycles. The number of aromatic carboxylic acids is 1. The standard InChI is InChI=1S/C22H20O4/c1-15-3-7-17(8-4-15)22(25,19-11-13-20(26-2)14-12-19)18-9-5-16(6-10-18)21(23)24/h3-14,25H,1-2H3,(H,23,24). The van der Waals surface area contributed by atoms with Crippen molar-refractivity contribution in [1.82, 2.24) is 0 Å². The Labute approximate surface area is 152 Å². The highest BCUT2D eigenvalue weighted by Crippen LogP contribution is 2.37. The number of benzene rings is 3. The van der Waals surface area contributed by atoms with Crippen LogP contribution in [0.15, 0.2) is 72.8 Å². The van der Waals surface area contributed by atoms with Gasteiger partial charge >= 0.3 is 5.97 Å². The minimum atomic E-state index is -1.41. The van der Waals surface area contributed by atoms with Crippen molar-refractivity contribution in [3.8, 4) is 5.75 Å². The summed E-state index contributed by atoms with van der Waals surface area (Å²) in [5.41, 5.74) is 1.83. The second-order valence-corrected chi connectivity index (χ2v) is 6.19. The van der Waals surface area contributed by atoms with E-state index in [0.717, 1.165) is 5.56 Å². The van der Waals surface area contributed by atoms with Crippen LogP contribution in [-0.4, -0.2) is 23.3 Å². The summed E-state index contributed by atoms with van der Waals surface area (Å²) in [6, 6.07) is 21.1. The molecule has 2 N–H and O–H groups in total. The molecule has 1 atom stereocenters. The fourth-order valence-corrected chi connectivity index (χ4v) is 2.98. The molecule has 0 fully saturated rings. The monoisotopic (exact) mass is 348 g/mol. The van der Waals surface area contributed by atoms with Gasteiger partial charge in [-0.15, -0.1) is 0 Å². The predicted octanol–water partition coefficient (Wildman–Crippen LogP) is 3.99. The summed E-state index contributed by atoms with van der Waals surface area (Å²) in [5.74, 6) is -0.305. The van der Waals surface area contributed by atoms with Crippen molar-refractivity contribution in [2.24, 2.45) is 0 Å². The predicted molar refractivity (Wildman–Crippen MR) is 99.7 cm³/mol. The van der Waals surface area contributed by atoms with Crippen LogP contribution in [0.2, 0.25) is 0 Å². The molecular formula is C22H20O4. The molecule has 0 aliphatic rings. The summed E-state index contributed by atoms with van der Waals surface area (Å²) in [4.78, 5) is 11.1. The molecule has 0 aromatic heterocycles. The van der Waals surface area contributed by atoms with E-state index < -0.39 is 11.6 Å². The lowest BCUT2D eigenvalue weighted by molar-refractivity contribution is 0.0696. The first-order valence-electron chi connectivity index (χ1n) is 8.23. The molecule has 0 saturated heterocycles. The highest BCUT2D eigenvalue weighted by molar-refractivity contribution is 5.87. The average Bonchev–Trinajstić information content (AvgIpc) is 2.68. The zero-order chi connectivity index (χ0) is 18.7. The first-order chi connectivity index (χ1) is 12.4. The average molecular weight is 348 g/mol. The van der Waals surface area contributed by atoms with Gasteiger partial charge in [-0.05, 0) is 47.9 Å². The van der Waals surface area contributed by atoms with E-state index >= 15 is 0 Å². The van der Waals surface area contributed by atoms with Crippen molar-refractivity contribution in [3.05, 3.63) is 101 Å². The van der Waals surface area contributed by atoms with E-state index in [-0.39, 0.29) is 5.56 Å². The van der Waals surface area contributed by atoms with E-state index in [1.54, 1.807) is 31.4 Å². The van der Waals surface area contributed by atoms with Crippen molar-refractivity contribution >= 4 is 5.97 Å². The number of ether oxygens (including phenoxy) is 1. The molecule has 3 rings (SSSR count). The first kappa shape index (κ1) is 17.7. The number of hydrogen-bond donors (Lipinski definition) is 2. The number of rotatable bonds is 5. The lowest BCUT2D eigenvalue weighted by Crippen LogP contribution is -2.29. The van der Waals surface area contributed by atoms with Crippen LogP contribution < -0.4 is 4.74 Å². The van der Waals surface area contributed by atoms with Crippen LogP contribution in [0.25, 0.3) is 0 Å². The molecule has 0 aliphatic carbocycles. The summed E-state index contributed by atoms with van der Waals surface area (Å²) < 4.78 is 5.20. The number of methoxy groups -OCH3 is 1. The van der Waals surface area contributed by atoms with Crippen LogP contribution in [0.3, 0.4) is 0 Å². The molecule has 1 unspecified atom stereocenters. The molecule has 26 heavy (non-hydrogen) atoms. The van der Waals surface area contributed by atoms with Gasteiger partial charge in [0.2, 0.25) is 0 Å². The number of aryl methyl sites for hydroxylation is 1. The number of carbonyl (C=O) groups is 1. The van der Waals surface area contributed by atoms with Crippen LogP contribution >= 0.6 is 0 Å². The van der Waals surface area contributed by atoms with E-state index in [1.165, 1.54) is 12.1 Å². The SMILES string of the molecule is COc1ccc(C(O)(c2ccc(C)cc2)c2ccc(C(=O)O)cc2)cc1. The van der Waals surface area contributed by atoms with E-state index in [1.807, 2.05) is 43.3 Å². The molecule has 3 aromatic carbocycles. The largest absolute Gasteiger partial charge is 0.497 e. The van der Waals surface area contributed by atoms with Gasteiger partial charge < -0.3 is 14.9 Å². The van der Waals surface area contributed by atoms with Crippen LogP contribution in [0.5, 0.6) is 5.75 Å². The molecule has 132 valence electrons. The zero-order valence-corrected chi connectivity index (χ0v) is 14.6. The van der Waals surface area contributed by atoms with Gasteiger partial charge in [-0.2, -0.15) is 0 Å². The topological polar surface area (TPSA) is 66.8 Å². The highest BCUT2D eigenvalue weighted by Gasteiger charge is 2.34. The molecule has 3 aromatic rings. The van der Waals surface area contributed by atoms with Crippen LogP contribution in [0.1, 0.15) is 32.6 Å². The minimum Gasteiger partial charge on any atom is -0.497 e. The van der Waals surface area contributed by atoms with Crippen LogP contribution in [-0.2, 0) is 5.60 Å². The maximum absolute atomic E-state index is 11.7. The number of hydrogen-bond acceptors (Lipinski definition) is 3. The van der Waals surface area contributed by atoms with E-state index in [9.17, 15) is 9.90 Å². The van der Waals surface area contributed by atoms with E-state index in [0.29, 0.717) is 22.4 Å². The quantitative estimate of drug-likeness (QED) is 0.684. The molecular weight excluding hydrogens is 328 g/mol. The number of carboxylic acid groups (broad SMARTS) is 1. The number of carboxylic acids is 1. The van der Waals surface area contributed by atoms with Gasteiger partial charge in [0.05, 0.1) is 12.7 Å². The lowest BCUT2D eigenvalue weighted by atomic mass is 9.80. The lowest BCUT2D eigenvalue weighted by Gasteiger charge is -2.30. The molecule has 0 amide bonds. The number of aliphatic hydroxyl groups is 1. The third kappa shape index (κ3) is 3.19. The highest BCUT2D eigenvalue weighted by atomic mass is 16.5. The summed E-state index contributed by atoms with van der Waals surface area (Å²) in [5, 5.41) is 20.8. The van der Waals surface area contributed by atoms with Crippen molar-refractivity contribution in [3.63, 3.8) is 0 Å². The van der Waals surface area contributed by atoms with E-state index in [4.69, 9.17) is 9.84 Å². The fraction of sp³-hybridized carbons (Fsp3) is 0.136. The Kier molecular flexibility index (Phi) is 4.78. The van der Waals surface area contributed by atoms with Gasteiger partial charge in [0, 0.05) is 0 Å². The van der Waals surface area contributed by atoms with Gasteiger partial charge in [-0.25, -0.2) is 4.79 Å². The summed E-state index contributed by atoms with van der Waals surface area (Å²) in [6.07, 6.45) is 0. The Hall–Kier alpha value is -3.11. The molecule has 0 spiro atoms. The Balaban J connectivity index is 2.17. The molecule has 0 radical (unpaired) electrons.